The highest BCUT2D eigenvalue weighted by Crippen LogP contribution is 2.34. The summed E-state index contributed by atoms with van der Waals surface area (Å²) in [7, 11) is 0. The predicted octanol–water partition coefficient (Wildman–Crippen LogP) is 4.70. The Bertz CT molecular complexity index is 1540. The summed E-state index contributed by atoms with van der Waals surface area (Å²) in [4.78, 5) is 30.1. The highest BCUT2D eigenvalue weighted by atomic mass is 16.4. The molecule has 7 heteroatoms. The second kappa shape index (κ2) is 9.89. The lowest BCUT2D eigenvalue weighted by atomic mass is 10.1. The van der Waals surface area contributed by atoms with E-state index < -0.39 is 5.97 Å². The van der Waals surface area contributed by atoms with E-state index in [-0.39, 0.29) is 5.56 Å². The third-order valence-corrected chi connectivity index (χ3v) is 5.80. The summed E-state index contributed by atoms with van der Waals surface area (Å²) in [5, 5.41) is 10.7. The van der Waals surface area contributed by atoms with Crippen LogP contribution in [0.5, 0.6) is 0 Å². The van der Waals surface area contributed by atoms with E-state index in [2.05, 4.69) is 34.7 Å². The fourth-order valence-corrected chi connectivity index (χ4v) is 4.44. The molecule has 0 spiro atoms. The largest absolute Gasteiger partial charge is 0.481 e. The number of aromatic amines is 1. The van der Waals surface area contributed by atoms with Crippen LogP contribution in [0.2, 0.25) is 0 Å². The smallest absolute Gasteiger partial charge is 0.300 e. The van der Waals surface area contributed by atoms with Crippen molar-refractivity contribution in [3.63, 3.8) is 0 Å². The molecule has 5 aromatic rings. The molecule has 174 valence electrons. The molecule has 3 aromatic carbocycles. The summed E-state index contributed by atoms with van der Waals surface area (Å²) in [5.41, 5.74) is 10.8. The minimum atomic E-state index is -0.833. The molecule has 0 amide bonds. The van der Waals surface area contributed by atoms with Crippen LogP contribution in [0.15, 0.2) is 65.5 Å². The van der Waals surface area contributed by atoms with Crippen LogP contribution in [0.4, 0.5) is 0 Å². The van der Waals surface area contributed by atoms with E-state index in [1.165, 1.54) is 0 Å². The standard InChI is InChI=1S/C25H24N4O.C2H4O2/c1-2-21-23(18-10-5-6-11-22(18)29(21)13-7-12-26)24-25(30)28-20-15-17-9-4-3-8-16(17)14-19(20)27-24;1-2(3)4/h3-6,8-11,14-15H,2,7,12-13,26H2,1H3,(H,28,30);1H3,(H,3,4). The number of nitrogens with one attached hydrogen (secondary N) is 1. The van der Waals surface area contributed by atoms with Gasteiger partial charge in [0, 0.05) is 35.6 Å². The summed E-state index contributed by atoms with van der Waals surface area (Å²) < 4.78 is 2.29. The van der Waals surface area contributed by atoms with Gasteiger partial charge < -0.3 is 20.4 Å². The first kappa shape index (κ1) is 23.2. The Morgan fingerprint density at radius 1 is 1.09 bits per heavy atom. The van der Waals surface area contributed by atoms with Crippen molar-refractivity contribution in [3.05, 3.63) is 76.7 Å². The third kappa shape index (κ3) is 4.43. The molecule has 2 aromatic heterocycles. The van der Waals surface area contributed by atoms with Gasteiger partial charge in [-0.25, -0.2) is 4.98 Å². The molecule has 0 fully saturated rings. The van der Waals surface area contributed by atoms with E-state index >= 15 is 0 Å². The molecule has 2 heterocycles. The van der Waals surface area contributed by atoms with Gasteiger partial charge in [-0.3, -0.25) is 9.59 Å². The van der Waals surface area contributed by atoms with Crippen LogP contribution >= 0.6 is 0 Å². The van der Waals surface area contributed by atoms with Crippen molar-refractivity contribution in [1.82, 2.24) is 14.5 Å². The minimum absolute atomic E-state index is 0.158. The van der Waals surface area contributed by atoms with Crippen LogP contribution in [-0.4, -0.2) is 32.2 Å². The Balaban J connectivity index is 0.000000636. The van der Waals surface area contributed by atoms with Crippen LogP contribution in [0.25, 0.3) is 44.0 Å². The number of fused-ring (bicyclic) bond motifs is 3. The maximum Gasteiger partial charge on any atom is 0.300 e. The summed E-state index contributed by atoms with van der Waals surface area (Å²) >= 11 is 0. The molecular weight excluding hydrogens is 428 g/mol. The average molecular weight is 457 g/mol. The highest BCUT2D eigenvalue weighted by Gasteiger charge is 2.21. The van der Waals surface area contributed by atoms with Gasteiger partial charge in [0.25, 0.3) is 11.5 Å². The number of H-pyrrole nitrogens is 1. The van der Waals surface area contributed by atoms with E-state index in [1.54, 1.807) is 0 Å². The molecule has 7 nitrogen and oxygen atoms in total. The van der Waals surface area contributed by atoms with Crippen molar-refractivity contribution in [1.29, 1.82) is 0 Å². The van der Waals surface area contributed by atoms with Gasteiger partial charge in [0.1, 0.15) is 5.69 Å². The fourth-order valence-electron chi connectivity index (χ4n) is 4.44. The van der Waals surface area contributed by atoms with Crippen molar-refractivity contribution in [2.45, 2.75) is 33.2 Å². The fraction of sp³-hybridized carbons (Fsp3) is 0.222. The Labute approximate surface area is 196 Å². The van der Waals surface area contributed by atoms with Gasteiger partial charge >= 0.3 is 0 Å². The van der Waals surface area contributed by atoms with E-state index in [1.807, 2.05) is 42.5 Å². The number of hydrogen-bond acceptors (Lipinski definition) is 4. The van der Waals surface area contributed by atoms with Crippen LogP contribution in [0.1, 0.15) is 26.0 Å². The zero-order valence-electron chi connectivity index (χ0n) is 19.3. The zero-order valence-corrected chi connectivity index (χ0v) is 19.3. The van der Waals surface area contributed by atoms with E-state index in [0.29, 0.717) is 12.2 Å². The van der Waals surface area contributed by atoms with Gasteiger partial charge in [0.15, 0.2) is 0 Å². The Morgan fingerprint density at radius 2 is 1.74 bits per heavy atom. The first-order valence-corrected chi connectivity index (χ1v) is 11.4. The number of nitrogens with two attached hydrogens (primary N) is 1. The zero-order chi connectivity index (χ0) is 24.2. The lowest BCUT2D eigenvalue weighted by molar-refractivity contribution is -0.134. The number of aromatic nitrogens is 3. The van der Waals surface area contributed by atoms with Gasteiger partial charge in [0.05, 0.1) is 11.0 Å². The maximum atomic E-state index is 13.2. The number of carbonyl (C=O) groups is 1. The van der Waals surface area contributed by atoms with Crippen LogP contribution in [-0.2, 0) is 17.8 Å². The number of rotatable bonds is 5. The van der Waals surface area contributed by atoms with Gasteiger partial charge in [-0.15, -0.1) is 0 Å². The molecular formula is C27H28N4O3. The first-order chi connectivity index (χ1) is 16.4. The molecule has 5 rings (SSSR count). The van der Waals surface area contributed by atoms with Crippen molar-refractivity contribution in [2.75, 3.05) is 6.54 Å². The SMILES string of the molecule is CC(=O)O.CCc1c(-c2nc3cc4ccccc4cc3[nH]c2=O)c2ccccc2n1CCCN. The molecule has 0 aliphatic heterocycles. The number of aliphatic carboxylic acids is 1. The highest BCUT2D eigenvalue weighted by molar-refractivity contribution is 5.99. The van der Waals surface area contributed by atoms with Crippen LogP contribution in [0.3, 0.4) is 0 Å². The molecule has 0 atom stereocenters. The quantitative estimate of drug-likeness (QED) is 0.332. The summed E-state index contributed by atoms with van der Waals surface area (Å²) in [6.07, 6.45) is 1.70. The maximum absolute atomic E-state index is 13.2. The van der Waals surface area contributed by atoms with Crippen molar-refractivity contribution < 1.29 is 9.90 Å². The van der Waals surface area contributed by atoms with Crippen molar-refractivity contribution in [2.24, 2.45) is 5.73 Å². The van der Waals surface area contributed by atoms with Gasteiger partial charge in [-0.2, -0.15) is 0 Å². The minimum Gasteiger partial charge on any atom is -0.481 e. The van der Waals surface area contributed by atoms with Crippen molar-refractivity contribution in [3.8, 4) is 11.3 Å². The number of carboxylic acid groups (broad SMARTS) is 1. The Kier molecular flexibility index (Phi) is 6.75. The summed E-state index contributed by atoms with van der Waals surface area (Å²) in [6.45, 7) is 4.67. The lowest BCUT2D eigenvalue weighted by Crippen LogP contribution is -2.13. The van der Waals surface area contributed by atoms with E-state index in [0.717, 1.165) is 70.3 Å². The second-order valence-electron chi connectivity index (χ2n) is 8.14. The molecule has 0 radical (unpaired) electrons. The number of benzene rings is 3. The predicted molar refractivity (Wildman–Crippen MR) is 137 cm³/mol. The van der Waals surface area contributed by atoms with Gasteiger partial charge in [-0.05, 0) is 48.4 Å². The second-order valence-corrected chi connectivity index (χ2v) is 8.14. The van der Waals surface area contributed by atoms with Gasteiger partial charge in [-0.1, -0.05) is 49.4 Å². The van der Waals surface area contributed by atoms with Gasteiger partial charge in [0.2, 0.25) is 0 Å². The summed E-state index contributed by atoms with van der Waals surface area (Å²) in [6, 6.07) is 20.4. The number of hydrogen-bond donors (Lipinski definition) is 3. The molecule has 0 unspecified atom stereocenters. The third-order valence-electron chi connectivity index (χ3n) is 5.80. The molecule has 0 aliphatic rings. The average Bonchev–Trinajstić information content (AvgIpc) is 3.14. The molecule has 0 saturated heterocycles. The van der Waals surface area contributed by atoms with Crippen LogP contribution < -0.4 is 11.3 Å². The molecule has 0 bridgehead atoms. The molecule has 4 N–H and O–H groups in total. The number of para-hydroxylation sites is 1. The van der Waals surface area contributed by atoms with Crippen molar-refractivity contribution >= 4 is 38.7 Å². The number of aryl methyl sites for hydroxylation is 1. The molecule has 0 aliphatic carbocycles. The van der Waals surface area contributed by atoms with E-state index in [4.69, 9.17) is 20.6 Å². The topological polar surface area (TPSA) is 114 Å². The lowest BCUT2D eigenvalue weighted by Gasteiger charge is -2.10. The monoisotopic (exact) mass is 456 g/mol. The van der Waals surface area contributed by atoms with E-state index in [9.17, 15) is 4.79 Å². The van der Waals surface area contributed by atoms with Crippen LogP contribution in [0, 0.1) is 0 Å². The number of carboxylic acids is 1. The first-order valence-electron chi connectivity index (χ1n) is 11.4. The normalized spacial score (nSPS) is 11.0. The number of nitrogens with zero attached hydrogens (tertiary/aromatic N) is 2. The Morgan fingerprint density at radius 3 is 2.41 bits per heavy atom. The molecule has 0 saturated carbocycles. The Hall–Kier alpha value is -3.97. The molecule has 34 heavy (non-hydrogen) atoms. The summed E-state index contributed by atoms with van der Waals surface area (Å²) in [5.74, 6) is -0.833.